The SMILES string of the molecule is Cc1ccc([C@]2(c3ccccc3)c3cc(-c4cncnc4)ccc3-c3c(N(c4ccc(-c5ccccc5)cc4)c4ccc(-c5ccccc5)cc4)cccc32)cc1. The Balaban J connectivity index is 1.25. The topological polar surface area (TPSA) is 29.0 Å². The highest BCUT2D eigenvalue weighted by Gasteiger charge is 2.47. The predicted octanol–water partition coefficient (Wildman–Crippen LogP) is 13.6. The van der Waals surface area contributed by atoms with Crippen LogP contribution in [0.25, 0.3) is 44.5 Å². The number of hydrogen-bond acceptors (Lipinski definition) is 3. The van der Waals surface area contributed by atoms with Gasteiger partial charge in [-0.1, -0.05) is 169 Å². The van der Waals surface area contributed by atoms with E-state index >= 15 is 0 Å². The molecule has 3 nitrogen and oxygen atoms in total. The first kappa shape index (κ1) is 34.2. The van der Waals surface area contributed by atoms with Crippen LogP contribution in [0, 0.1) is 6.92 Å². The van der Waals surface area contributed by atoms with Crippen LogP contribution in [0.2, 0.25) is 0 Å². The lowest BCUT2D eigenvalue weighted by Gasteiger charge is -2.35. The average Bonchev–Trinajstić information content (AvgIpc) is 3.59. The highest BCUT2D eigenvalue weighted by Crippen LogP contribution is 2.60. The molecule has 270 valence electrons. The molecule has 9 aromatic rings. The highest BCUT2D eigenvalue weighted by molar-refractivity contribution is 5.98. The highest BCUT2D eigenvalue weighted by atomic mass is 15.1. The fourth-order valence-corrected chi connectivity index (χ4v) is 8.74. The van der Waals surface area contributed by atoms with E-state index in [0.29, 0.717) is 0 Å². The van der Waals surface area contributed by atoms with Gasteiger partial charge in [-0.2, -0.15) is 0 Å². The predicted molar refractivity (Wildman–Crippen MR) is 235 cm³/mol. The molecule has 0 saturated carbocycles. The summed E-state index contributed by atoms with van der Waals surface area (Å²) in [6, 6.07) is 73.0. The largest absolute Gasteiger partial charge is 0.310 e. The molecule has 0 radical (unpaired) electrons. The van der Waals surface area contributed by atoms with Crippen molar-refractivity contribution in [3.8, 4) is 44.5 Å². The lowest BCUT2D eigenvalue weighted by atomic mass is 9.67. The van der Waals surface area contributed by atoms with Crippen LogP contribution in [-0.2, 0) is 5.41 Å². The van der Waals surface area contributed by atoms with Crippen LogP contribution >= 0.6 is 0 Å². The van der Waals surface area contributed by atoms with Gasteiger partial charge in [0.25, 0.3) is 0 Å². The van der Waals surface area contributed by atoms with Crippen molar-refractivity contribution < 1.29 is 0 Å². The zero-order valence-corrected chi connectivity index (χ0v) is 31.6. The lowest BCUT2D eigenvalue weighted by molar-refractivity contribution is 0.768. The third-order valence-corrected chi connectivity index (χ3v) is 11.4. The van der Waals surface area contributed by atoms with Crippen LogP contribution in [0.5, 0.6) is 0 Å². The van der Waals surface area contributed by atoms with Crippen molar-refractivity contribution in [1.29, 1.82) is 0 Å². The van der Waals surface area contributed by atoms with Crippen LogP contribution in [0.15, 0.2) is 219 Å². The van der Waals surface area contributed by atoms with Gasteiger partial charge >= 0.3 is 0 Å². The number of rotatable bonds is 8. The first-order valence-electron chi connectivity index (χ1n) is 19.5. The number of anilines is 3. The molecule has 0 amide bonds. The second-order valence-electron chi connectivity index (χ2n) is 14.7. The lowest BCUT2D eigenvalue weighted by Crippen LogP contribution is -2.28. The summed E-state index contributed by atoms with van der Waals surface area (Å²) in [5.74, 6) is 0. The fourth-order valence-electron chi connectivity index (χ4n) is 8.74. The van der Waals surface area contributed by atoms with Gasteiger partial charge in [0.2, 0.25) is 0 Å². The second kappa shape index (κ2) is 14.4. The summed E-state index contributed by atoms with van der Waals surface area (Å²) in [4.78, 5) is 11.2. The molecule has 0 spiro atoms. The summed E-state index contributed by atoms with van der Waals surface area (Å²) in [7, 11) is 0. The van der Waals surface area contributed by atoms with E-state index in [4.69, 9.17) is 0 Å². The Labute approximate surface area is 334 Å². The standard InChI is InChI=1S/C54H39N3/c1-38-20-27-46(28-21-38)54(45-16-9-4-10-17-45)50-18-11-19-52(53(50)49-33-26-43(34-51(49)54)44-35-55-37-56-36-44)57(47-29-22-41(23-30-47)39-12-5-2-6-13-39)48-31-24-42(25-32-48)40-14-7-3-8-15-40/h2-37H,1H3/t54-/m0/s1. The minimum absolute atomic E-state index is 0.596. The molecule has 10 rings (SSSR count). The van der Waals surface area contributed by atoms with Crippen LogP contribution in [0.3, 0.4) is 0 Å². The maximum atomic E-state index is 4.39. The molecular weight excluding hydrogens is 691 g/mol. The number of nitrogens with zero attached hydrogens (tertiary/aromatic N) is 3. The molecule has 3 heteroatoms. The Morgan fingerprint density at radius 1 is 0.404 bits per heavy atom. The smallest absolute Gasteiger partial charge is 0.115 e. The number of aryl methyl sites for hydroxylation is 1. The third-order valence-electron chi connectivity index (χ3n) is 11.4. The summed E-state index contributed by atoms with van der Waals surface area (Å²) in [5, 5.41) is 0. The molecule has 0 aliphatic heterocycles. The van der Waals surface area contributed by atoms with Crippen molar-refractivity contribution in [2.45, 2.75) is 12.3 Å². The van der Waals surface area contributed by atoms with Crippen LogP contribution < -0.4 is 4.90 Å². The van der Waals surface area contributed by atoms with E-state index in [2.05, 4.69) is 222 Å². The van der Waals surface area contributed by atoms with Gasteiger partial charge in [0.05, 0.1) is 11.1 Å². The van der Waals surface area contributed by atoms with Crippen molar-refractivity contribution in [1.82, 2.24) is 9.97 Å². The monoisotopic (exact) mass is 729 g/mol. The molecule has 0 N–H and O–H groups in total. The van der Waals surface area contributed by atoms with Gasteiger partial charge in [-0.25, -0.2) is 9.97 Å². The fraction of sp³-hybridized carbons (Fsp3) is 0.0370. The van der Waals surface area contributed by atoms with Gasteiger partial charge in [-0.3, -0.25) is 0 Å². The molecule has 1 aliphatic carbocycles. The number of benzene rings is 8. The zero-order chi connectivity index (χ0) is 38.2. The van der Waals surface area contributed by atoms with Crippen molar-refractivity contribution in [3.05, 3.63) is 247 Å². The molecule has 57 heavy (non-hydrogen) atoms. The molecular formula is C54H39N3. The molecule has 8 aromatic carbocycles. The van der Waals surface area contributed by atoms with E-state index in [9.17, 15) is 0 Å². The number of fused-ring (bicyclic) bond motifs is 3. The summed E-state index contributed by atoms with van der Waals surface area (Å²) in [6.07, 6.45) is 5.39. The van der Waals surface area contributed by atoms with Crippen molar-refractivity contribution in [2.24, 2.45) is 0 Å². The Morgan fingerprint density at radius 3 is 1.49 bits per heavy atom. The maximum absolute atomic E-state index is 4.39. The van der Waals surface area contributed by atoms with Gasteiger partial charge in [0.1, 0.15) is 6.33 Å². The van der Waals surface area contributed by atoms with Crippen molar-refractivity contribution >= 4 is 17.1 Å². The molecule has 1 aromatic heterocycles. The van der Waals surface area contributed by atoms with Crippen LogP contribution in [-0.4, -0.2) is 9.97 Å². The molecule has 1 heterocycles. The van der Waals surface area contributed by atoms with E-state index < -0.39 is 5.41 Å². The average molecular weight is 730 g/mol. The summed E-state index contributed by atoms with van der Waals surface area (Å²) in [5.41, 5.74) is 18.1. The van der Waals surface area contributed by atoms with Crippen molar-refractivity contribution in [2.75, 3.05) is 4.90 Å². The van der Waals surface area contributed by atoms with Crippen LogP contribution in [0.4, 0.5) is 17.1 Å². The molecule has 1 aliphatic rings. The van der Waals surface area contributed by atoms with Gasteiger partial charge < -0.3 is 4.90 Å². The van der Waals surface area contributed by atoms with E-state index in [1.165, 1.54) is 61.2 Å². The normalized spacial score (nSPS) is 14.1. The Hall–Kier alpha value is -7.36. The van der Waals surface area contributed by atoms with Gasteiger partial charge in [-0.05, 0) is 99.0 Å². The van der Waals surface area contributed by atoms with Gasteiger partial charge in [0, 0.05) is 34.9 Å². The molecule has 0 unspecified atom stereocenters. The molecule has 0 fully saturated rings. The number of hydrogen-bond donors (Lipinski definition) is 0. The van der Waals surface area contributed by atoms with E-state index in [1.807, 2.05) is 12.4 Å². The third kappa shape index (κ3) is 5.92. The summed E-state index contributed by atoms with van der Waals surface area (Å²) in [6.45, 7) is 2.16. The second-order valence-corrected chi connectivity index (χ2v) is 14.7. The minimum Gasteiger partial charge on any atom is -0.310 e. The minimum atomic E-state index is -0.596. The van der Waals surface area contributed by atoms with E-state index in [-0.39, 0.29) is 0 Å². The Kier molecular flexibility index (Phi) is 8.61. The van der Waals surface area contributed by atoms with Crippen molar-refractivity contribution in [3.63, 3.8) is 0 Å². The quantitative estimate of drug-likeness (QED) is 0.156. The molecule has 1 atom stereocenters. The first-order chi connectivity index (χ1) is 28.2. The van der Waals surface area contributed by atoms with Crippen LogP contribution in [0.1, 0.15) is 27.8 Å². The van der Waals surface area contributed by atoms with E-state index in [1.54, 1.807) is 6.33 Å². The van der Waals surface area contributed by atoms with E-state index in [0.717, 1.165) is 28.2 Å². The summed E-state index contributed by atoms with van der Waals surface area (Å²) >= 11 is 0. The number of aromatic nitrogens is 2. The Morgan fingerprint density at radius 2 is 0.912 bits per heavy atom. The first-order valence-corrected chi connectivity index (χ1v) is 19.5. The maximum Gasteiger partial charge on any atom is 0.115 e. The Bertz CT molecular complexity index is 2720. The molecule has 0 bridgehead atoms. The zero-order valence-electron chi connectivity index (χ0n) is 31.6. The summed E-state index contributed by atoms with van der Waals surface area (Å²) < 4.78 is 0. The molecule has 0 saturated heterocycles. The van der Waals surface area contributed by atoms with Gasteiger partial charge in [-0.15, -0.1) is 0 Å². The van der Waals surface area contributed by atoms with Gasteiger partial charge in [0.15, 0.2) is 0 Å².